The van der Waals surface area contributed by atoms with Crippen LogP contribution in [0.2, 0.25) is 0 Å². The van der Waals surface area contributed by atoms with Gasteiger partial charge in [-0.05, 0) is 17.7 Å². The first-order valence-electron chi connectivity index (χ1n) is 5.22. The first kappa shape index (κ1) is 12.6. The maximum absolute atomic E-state index is 5.80. The molecule has 0 atom stereocenters. The van der Waals surface area contributed by atoms with Gasteiger partial charge in [-0.25, -0.2) is 0 Å². The molecule has 0 bridgehead atoms. The van der Waals surface area contributed by atoms with Crippen molar-refractivity contribution in [3.8, 4) is 11.8 Å². The summed E-state index contributed by atoms with van der Waals surface area (Å²) in [7, 11) is 1.50. The molecule has 2 N–H and O–H groups in total. The number of hydrogen-bond acceptors (Lipinski definition) is 5. The van der Waals surface area contributed by atoms with Crippen LogP contribution in [-0.4, -0.2) is 17.1 Å². The topological polar surface area (TPSA) is 70.3 Å². The second-order valence-corrected chi connectivity index (χ2v) is 4.43. The van der Waals surface area contributed by atoms with Crippen molar-refractivity contribution in [1.29, 1.82) is 0 Å². The largest absolute Gasteiger partial charge is 0.479 e. The average molecular weight is 310 g/mol. The number of benzene rings is 1. The zero-order valence-electron chi connectivity index (χ0n) is 9.76. The Kier molecular flexibility index (Phi) is 3.99. The quantitative estimate of drug-likeness (QED) is 0.939. The van der Waals surface area contributed by atoms with E-state index in [0.29, 0.717) is 24.1 Å². The number of nitrogens with zero attached hydrogens (tertiary/aromatic N) is 2. The predicted octanol–water partition coefficient (Wildman–Crippen LogP) is 2.41. The van der Waals surface area contributed by atoms with Crippen molar-refractivity contribution in [2.75, 3.05) is 12.8 Å². The number of rotatable bonds is 4. The summed E-state index contributed by atoms with van der Waals surface area (Å²) in [5.41, 5.74) is 7.13. The van der Waals surface area contributed by atoms with Crippen LogP contribution < -0.4 is 15.2 Å². The van der Waals surface area contributed by atoms with Gasteiger partial charge in [-0.1, -0.05) is 28.1 Å². The maximum Gasteiger partial charge on any atom is 0.244 e. The molecule has 2 rings (SSSR count). The van der Waals surface area contributed by atoms with Crippen molar-refractivity contribution in [3.63, 3.8) is 0 Å². The summed E-state index contributed by atoms with van der Waals surface area (Å²) >= 11 is 3.37. The van der Waals surface area contributed by atoms with Crippen LogP contribution in [0.1, 0.15) is 5.56 Å². The maximum atomic E-state index is 5.80. The lowest BCUT2D eigenvalue weighted by atomic mass is 10.2. The Labute approximate surface area is 113 Å². The van der Waals surface area contributed by atoms with Crippen LogP contribution in [0, 0.1) is 0 Å². The third-order valence-electron chi connectivity index (χ3n) is 2.29. The van der Waals surface area contributed by atoms with Gasteiger partial charge in [0.25, 0.3) is 0 Å². The fourth-order valence-electron chi connectivity index (χ4n) is 1.37. The zero-order valence-corrected chi connectivity index (χ0v) is 11.3. The highest BCUT2D eigenvalue weighted by Gasteiger charge is 2.09. The number of nitrogens with two attached hydrogens (primary N) is 1. The fourth-order valence-corrected chi connectivity index (χ4v) is 1.64. The highest BCUT2D eigenvalue weighted by atomic mass is 79.9. The van der Waals surface area contributed by atoms with E-state index in [2.05, 4.69) is 25.9 Å². The summed E-state index contributed by atoms with van der Waals surface area (Å²) in [5, 5.41) is 0. The highest BCUT2D eigenvalue weighted by Crippen LogP contribution is 2.26. The first-order valence-corrected chi connectivity index (χ1v) is 6.01. The lowest BCUT2D eigenvalue weighted by Gasteiger charge is -2.09. The summed E-state index contributed by atoms with van der Waals surface area (Å²) in [5.74, 6) is 0.639. The molecule has 18 heavy (non-hydrogen) atoms. The molecular weight excluding hydrogens is 298 g/mol. The van der Waals surface area contributed by atoms with E-state index in [9.17, 15) is 0 Å². The van der Waals surface area contributed by atoms with E-state index >= 15 is 0 Å². The van der Waals surface area contributed by atoms with Gasteiger partial charge in [-0.15, -0.1) is 0 Å². The molecule has 1 heterocycles. The van der Waals surface area contributed by atoms with E-state index < -0.39 is 0 Å². The monoisotopic (exact) mass is 309 g/mol. The summed E-state index contributed by atoms with van der Waals surface area (Å²) in [6.07, 6.45) is 1.35. The van der Waals surface area contributed by atoms with Gasteiger partial charge in [-0.2, -0.15) is 9.97 Å². The van der Waals surface area contributed by atoms with E-state index in [1.807, 2.05) is 24.3 Å². The molecular formula is C12H12BrN3O2. The molecule has 6 heteroatoms. The Bertz CT molecular complexity index is 531. The Morgan fingerprint density at radius 2 is 1.83 bits per heavy atom. The lowest BCUT2D eigenvalue weighted by molar-refractivity contribution is 0.292. The van der Waals surface area contributed by atoms with Crippen molar-refractivity contribution in [1.82, 2.24) is 9.97 Å². The molecule has 0 aliphatic rings. The SMILES string of the molecule is COc1ncnc(OCc2ccc(Br)cc2)c1N. The molecule has 0 aliphatic carbocycles. The van der Waals surface area contributed by atoms with Crippen molar-refractivity contribution in [3.05, 3.63) is 40.6 Å². The zero-order chi connectivity index (χ0) is 13.0. The molecule has 0 saturated carbocycles. The van der Waals surface area contributed by atoms with E-state index in [4.69, 9.17) is 15.2 Å². The van der Waals surface area contributed by atoms with Crippen molar-refractivity contribution < 1.29 is 9.47 Å². The van der Waals surface area contributed by atoms with Crippen LogP contribution >= 0.6 is 15.9 Å². The average Bonchev–Trinajstić information content (AvgIpc) is 2.39. The molecule has 1 aromatic carbocycles. The molecule has 0 radical (unpaired) electrons. The number of hydrogen-bond donors (Lipinski definition) is 1. The van der Waals surface area contributed by atoms with E-state index in [1.165, 1.54) is 13.4 Å². The number of halogens is 1. The smallest absolute Gasteiger partial charge is 0.244 e. The summed E-state index contributed by atoms with van der Waals surface area (Å²) in [6.45, 7) is 0.387. The first-order chi connectivity index (χ1) is 8.70. The summed E-state index contributed by atoms with van der Waals surface area (Å²) < 4.78 is 11.5. The molecule has 5 nitrogen and oxygen atoms in total. The molecule has 0 saturated heterocycles. The molecule has 0 unspecified atom stereocenters. The van der Waals surface area contributed by atoms with Crippen LogP contribution in [0.25, 0.3) is 0 Å². The van der Waals surface area contributed by atoms with Crippen LogP contribution in [0.15, 0.2) is 35.1 Å². The molecule has 0 spiro atoms. The molecule has 1 aromatic heterocycles. The van der Waals surface area contributed by atoms with E-state index in [1.54, 1.807) is 0 Å². The number of anilines is 1. The normalized spacial score (nSPS) is 10.1. The van der Waals surface area contributed by atoms with Gasteiger partial charge in [0, 0.05) is 4.47 Å². The Morgan fingerprint density at radius 1 is 1.17 bits per heavy atom. The standard InChI is InChI=1S/C12H12BrN3O2/c1-17-11-10(14)12(16-7-15-11)18-6-8-2-4-9(13)5-3-8/h2-5,7H,6,14H2,1H3. The third kappa shape index (κ3) is 2.89. The van der Waals surface area contributed by atoms with Gasteiger partial charge in [-0.3, -0.25) is 0 Å². The molecule has 2 aromatic rings. The van der Waals surface area contributed by atoms with Crippen LogP contribution in [0.3, 0.4) is 0 Å². The van der Waals surface area contributed by atoms with Gasteiger partial charge in [0.15, 0.2) is 5.69 Å². The van der Waals surface area contributed by atoms with Gasteiger partial charge in [0.1, 0.15) is 12.9 Å². The minimum Gasteiger partial charge on any atom is -0.479 e. The van der Waals surface area contributed by atoms with Crippen LogP contribution in [-0.2, 0) is 6.61 Å². The van der Waals surface area contributed by atoms with Crippen LogP contribution in [0.5, 0.6) is 11.8 Å². The number of methoxy groups -OCH3 is 1. The predicted molar refractivity (Wildman–Crippen MR) is 71.5 cm³/mol. The lowest BCUT2D eigenvalue weighted by Crippen LogP contribution is -2.03. The number of nitrogen functional groups attached to an aromatic ring is 1. The highest BCUT2D eigenvalue weighted by molar-refractivity contribution is 9.10. The molecule has 0 amide bonds. The number of aromatic nitrogens is 2. The summed E-state index contributed by atoms with van der Waals surface area (Å²) in [6, 6.07) is 7.81. The second kappa shape index (κ2) is 5.68. The number of ether oxygens (including phenoxy) is 2. The third-order valence-corrected chi connectivity index (χ3v) is 2.82. The molecule has 0 aliphatic heterocycles. The van der Waals surface area contributed by atoms with Crippen molar-refractivity contribution >= 4 is 21.6 Å². The Balaban J connectivity index is 2.08. The van der Waals surface area contributed by atoms with E-state index in [-0.39, 0.29) is 0 Å². The van der Waals surface area contributed by atoms with Gasteiger partial charge < -0.3 is 15.2 Å². The van der Waals surface area contributed by atoms with Crippen molar-refractivity contribution in [2.45, 2.75) is 6.61 Å². The van der Waals surface area contributed by atoms with Crippen molar-refractivity contribution in [2.24, 2.45) is 0 Å². The fraction of sp³-hybridized carbons (Fsp3) is 0.167. The van der Waals surface area contributed by atoms with Gasteiger partial charge in [0.2, 0.25) is 11.8 Å². The minimum atomic E-state index is 0.303. The van der Waals surface area contributed by atoms with Crippen LogP contribution in [0.4, 0.5) is 5.69 Å². The van der Waals surface area contributed by atoms with Gasteiger partial charge >= 0.3 is 0 Å². The minimum absolute atomic E-state index is 0.303. The van der Waals surface area contributed by atoms with Gasteiger partial charge in [0.05, 0.1) is 7.11 Å². The van der Waals surface area contributed by atoms with E-state index in [0.717, 1.165) is 10.0 Å². The summed E-state index contributed by atoms with van der Waals surface area (Å²) in [4.78, 5) is 7.85. The Morgan fingerprint density at radius 3 is 2.50 bits per heavy atom. The molecule has 0 fully saturated rings. The Hall–Kier alpha value is -1.82. The molecule has 94 valence electrons. The second-order valence-electron chi connectivity index (χ2n) is 3.52.